The van der Waals surface area contributed by atoms with Crippen LogP contribution < -0.4 is 10.6 Å². The summed E-state index contributed by atoms with van der Waals surface area (Å²) in [5.74, 6) is 1.84. The van der Waals surface area contributed by atoms with Gasteiger partial charge in [0, 0.05) is 11.6 Å². The minimum Gasteiger partial charge on any atom is -0.506 e. The Balaban J connectivity index is 1.74. The molecule has 1 saturated carbocycles. The molecule has 1 unspecified atom stereocenters. The fourth-order valence-electron chi connectivity index (χ4n) is 4.09. The van der Waals surface area contributed by atoms with E-state index >= 15 is 0 Å². The van der Waals surface area contributed by atoms with Crippen molar-refractivity contribution in [3.8, 4) is 5.75 Å². The number of phenolic OH excluding ortho intramolecular Hbond substituents is 1. The zero-order valence-electron chi connectivity index (χ0n) is 15.8. The maximum absolute atomic E-state index is 12.2. The lowest BCUT2D eigenvalue weighted by molar-refractivity contribution is 0.239. The van der Waals surface area contributed by atoms with E-state index in [-0.39, 0.29) is 16.8 Å². The smallest absolute Gasteiger partial charge is 0.319 e. The van der Waals surface area contributed by atoms with Gasteiger partial charge in [0.15, 0.2) is 0 Å². The Kier molecular flexibility index (Phi) is 5.31. The van der Waals surface area contributed by atoms with Gasteiger partial charge in [-0.1, -0.05) is 43.9 Å². The lowest BCUT2D eigenvalue weighted by Crippen LogP contribution is -2.43. The molecule has 6 nitrogen and oxygen atoms in total. The molecule has 0 saturated heterocycles. The van der Waals surface area contributed by atoms with Crippen molar-refractivity contribution in [2.24, 2.45) is 0 Å². The number of hydrogen-bond acceptors (Lipinski definition) is 4. The van der Waals surface area contributed by atoms with Gasteiger partial charge in [0.05, 0.1) is 22.8 Å². The first-order valence-corrected chi connectivity index (χ1v) is 10.2. The second-order valence-corrected chi connectivity index (χ2v) is 7.80. The molecule has 1 aromatic heterocycles. The summed E-state index contributed by atoms with van der Waals surface area (Å²) >= 11 is 6.11. The quantitative estimate of drug-likeness (QED) is 0.652. The van der Waals surface area contributed by atoms with Crippen molar-refractivity contribution in [1.29, 1.82) is 0 Å². The predicted molar refractivity (Wildman–Crippen MR) is 107 cm³/mol. The Bertz CT molecular complexity index is 915. The molecule has 28 heavy (non-hydrogen) atoms. The molecule has 7 heteroatoms. The third-order valence-electron chi connectivity index (χ3n) is 5.57. The van der Waals surface area contributed by atoms with E-state index in [0.717, 1.165) is 35.4 Å². The number of aromatic nitrogens is 1. The van der Waals surface area contributed by atoms with Gasteiger partial charge in [0.1, 0.15) is 11.5 Å². The third kappa shape index (κ3) is 3.61. The van der Waals surface area contributed by atoms with E-state index in [1.807, 2.05) is 13.1 Å². The van der Waals surface area contributed by atoms with Crippen LogP contribution in [0.5, 0.6) is 5.75 Å². The number of amides is 2. The van der Waals surface area contributed by atoms with E-state index in [4.69, 9.17) is 16.0 Å². The average molecular weight is 402 g/mol. The van der Waals surface area contributed by atoms with Crippen LogP contribution in [-0.4, -0.2) is 16.1 Å². The number of carbonyl (C=O) groups is 1. The summed E-state index contributed by atoms with van der Waals surface area (Å²) in [6, 6.07) is 4.19. The molecule has 0 radical (unpaired) electrons. The van der Waals surface area contributed by atoms with E-state index in [1.54, 1.807) is 12.1 Å². The first-order valence-electron chi connectivity index (χ1n) is 9.82. The zero-order chi connectivity index (χ0) is 19.7. The summed E-state index contributed by atoms with van der Waals surface area (Å²) in [6.07, 6.45) is 8.42. The van der Waals surface area contributed by atoms with Crippen molar-refractivity contribution in [1.82, 2.24) is 15.6 Å². The first-order chi connectivity index (χ1) is 13.6. The second-order valence-electron chi connectivity index (χ2n) is 7.39. The van der Waals surface area contributed by atoms with Crippen molar-refractivity contribution in [3.05, 3.63) is 52.3 Å². The number of carbonyl (C=O) groups excluding carboxylic acids is 1. The summed E-state index contributed by atoms with van der Waals surface area (Å²) in [5.41, 5.74) is 2.33. The van der Waals surface area contributed by atoms with Crippen LogP contribution in [0, 0.1) is 0 Å². The lowest BCUT2D eigenvalue weighted by atomic mass is 9.88. The molecule has 4 rings (SSSR count). The number of allylic oxidation sites excluding steroid dienone is 1. The molecule has 1 aliphatic carbocycles. The Morgan fingerprint density at radius 1 is 1.29 bits per heavy atom. The highest BCUT2D eigenvalue weighted by Gasteiger charge is 2.32. The number of rotatable bonds is 4. The number of phenols is 1. The molecule has 2 heterocycles. The number of oxazole rings is 1. The summed E-state index contributed by atoms with van der Waals surface area (Å²) in [4.78, 5) is 16.8. The Morgan fingerprint density at radius 3 is 2.79 bits per heavy atom. The molecule has 1 atom stereocenters. The minimum absolute atomic E-state index is 0.00244. The molecule has 1 aromatic carbocycles. The number of halogens is 1. The first kappa shape index (κ1) is 18.9. The van der Waals surface area contributed by atoms with E-state index in [1.165, 1.54) is 25.3 Å². The van der Waals surface area contributed by atoms with Gasteiger partial charge >= 0.3 is 6.03 Å². The van der Waals surface area contributed by atoms with Crippen LogP contribution in [0.15, 0.2) is 34.5 Å². The summed E-state index contributed by atoms with van der Waals surface area (Å²) in [7, 11) is 0. The van der Waals surface area contributed by atoms with Crippen LogP contribution in [0.2, 0.25) is 5.02 Å². The van der Waals surface area contributed by atoms with Crippen LogP contribution in [0.3, 0.4) is 0 Å². The highest BCUT2D eigenvalue weighted by Crippen LogP contribution is 2.39. The number of benzene rings is 1. The van der Waals surface area contributed by atoms with Gasteiger partial charge in [0.2, 0.25) is 5.89 Å². The normalized spacial score (nSPS) is 20.8. The van der Waals surface area contributed by atoms with Gasteiger partial charge in [-0.3, -0.25) is 0 Å². The van der Waals surface area contributed by atoms with E-state index < -0.39 is 6.04 Å². The Hall–Kier alpha value is -2.47. The van der Waals surface area contributed by atoms with Gasteiger partial charge in [-0.15, -0.1) is 0 Å². The summed E-state index contributed by atoms with van der Waals surface area (Å²) < 4.78 is 6.19. The van der Waals surface area contributed by atoms with Crippen LogP contribution in [0.1, 0.15) is 74.6 Å². The van der Waals surface area contributed by atoms with Crippen molar-refractivity contribution in [2.45, 2.75) is 57.4 Å². The molecule has 3 N–H and O–H groups in total. The molecule has 0 spiro atoms. The van der Waals surface area contributed by atoms with Gasteiger partial charge < -0.3 is 20.2 Å². The maximum Gasteiger partial charge on any atom is 0.319 e. The Labute approximate surface area is 169 Å². The number of urea groups is 1. The van der Waals surface area contributed by atoms with Crippen LogP contribution in [-0.2, 0) is 0 Å². The van der Waals surface area contributed by atoms with Crippen molar-refractivity contribution in [2.75, 3.05) is 0 Å². The van der Waals surface area contributed by atoms with Gasteiger partial charge in [-0.25, -0.2) is 9.78 Å². The van der Waals surface area contributed by atoms with Crippen LogP contribution in [0.4, 0.5) is 4.79 Å². The van der Waals surface area contributed by atoms with Crippen LogP contribution in [0.25, 0.3) is 5.57 Å². The van der Waals surface area contributed by atoms with Gasteiger partial charge in [-0.05, 0) is 37.0 Å². The fraction of sp³-hybridized carbons (Fsp3) is 0.429. The highest BCUT2D eigenvalue weighted by molar-refractivity contribution is 6.32. The minimum atomic E-state index is -0.459. The molecule has 148 valence electrons. The highest BCUT2D eigenvalue weighted by atomic mass is 35.5. The molecular formula is C21H24ClN3O3. The monoisotopic (exact) mass is 401 g/mol. The van der Waals surface area contributed by atoms with Crippen LogP contribution >= 0.6 is 11.6 Å². The lowest BCUT2D eigenvalue weighted by Gasteiger charge is -2.29. The topological polar surface area (TPSA) is 87.4 Å². The van der Waals surface area contributed by atoms with Crippen molar-refractivity contribution >= 4 is 23.2 Å². The maximum atomic E-state index is 12.2. The van der Waals surface area contributed by atoms with E-state index in [2.05, 4.69) is 15.6 Å². The Morgan fingerprint density at radius 2 is 2.07 bits per heavy atom. The molecule has 2 aliphatic rings. The molecule has 0 bridgehead atoms. The number of hydrogen-bond donors (Lipinski definition) is 3. The second kappa shape index (κ2) is 7.87. The predicted octanol–water partition coefficient (Wildman–Crippen LogP) is 5.26. The van der Waals surface area contributed by atoms with Crippen molar-refractivity contribution < 1.29 is 14.3 Å². The molecule has 2 aromatic rings. The standard InChI is InChI=1S/C21H24ClN3O3/c1-2-15-18(20-23-11-17(28-20)12-6-4-3-5-7-12)19(25-21(27)24-15)13-8-9-16(26)14(22)10-13/h8-12,19,26H,2-7H2,1H3,(H2,24,25,27). The van der Waals surface area contributed by atoms with E-state index in [9.17, 15) is 9.90 Å². The SMILES string of the molecule is CCC1=C(c2ncc(C3CCCCC3)o2)C(c2ccc(O)c(Cl)c2)NC(=O)N1. The molecule has 1 fully saturated rings. The third-order valence-corrected chi connectivity index (χ3v) is 5.88. The molecule has 2 amide bonds. The number of nitrogens with one attached hydrogen (secondary N) is 2. The fourth-order valence-corrected chi connectivity index (χ4v) is 4.28. The summed E-state index contributed by atoms with van der Waals surface area (Å²) in [5, 5.41) is 15.8. The average Bonchev–Trinajstić information content (AvgIpc) is 3.19. The molecule has 1 aliphatic heterocycles. The largest absolute Gasteiger partial charge is 0.506 e. The van der Waals surface area contributed by atoms with Gasteiger partial charge in [0.25, 0.3) is 0 Å². The summed E-state index contributed by atoms with van der Waals surface area (Å²) in [6.45, 7) is 1.98. The van der Waals surface area contributed by atoms with Gasteiger partial charge in [-0.2, -0.15) is 0 Å². The number of nitrogens with zero attached hydrogens (tertiary/aromatic N) is 1. The molecular weight excluding hydrogens is 378 g/mol. The number of aromatic hydroxyl groups is 1. The zero-order valence-corrected chi connectivity index (χ0v) is 16.6. The van der Waals surface area contributed by atoms with E-state index in [0.29, 0.717) is 18.2 Å². The van der Waals surface area contributed by atoms with Crippen molar-refractivity contribution in [3.63, 3.8) is 0 Å².